The molecule has 1 fully saturated rings. The van der Waals surface area contributed by atoms with Crippen LogP contribution >= 0.6 is 0 Å². The van der Waals surface area contributed by atoms with E-state index in [1.807, 2.05) is 18.7 Å². The van der Waals surface area contributed by atoms with Crippen LogP contribution in [0.4, 0.5) is 5.82 Å². The van der Waals surface area contributed by atoms with Crippen LogP contribution in [0.15, 0.2) is 6.20 Å². The Morgan fingerprint density at radius 2 is 2.33 bits per heavy atom. The minimum Gasteiger partial charge on any atom is -0.357 e. The Kier molecular flexibility index (Phi) is 3.76. The van der Waals surface area contributed by atoms with Gasteiger partial charge in [-0.2, -0.15) is 0 Å². The summed E-state index contributed by atoms with van der Waals surface area (Å²) in [4.78, 5) is 22.8. The molecule has 1 aliphatic heterocycles. The lowest BCUT2D eigenvalue weighted by atomic mass is 10.1. The average molecular weight is 249 g/mol. The number of rotatable bonds is 2. The van der Waals surface area contributed by atoms with E-state index in [1.165, 1.54) is 0 Å². The molecule has 0 bridgehead atoms. The molecule has 6 nitrogen and oxygen atoms in total. The first-order valence-corrected chi connectivity index (χ1v) is 6.12. The minimum absolute atomic E-state index is 0.00454. The van der Waals surface area contributed by atoms with Gasteiger partial charge in [0.05, 0.1) is 11.4 Å². The van der Waals surface area contributed by atoms with Crippen LogP contribution in [0.2, 0.25) is 0 Å². The van der Waals surface area contributed by atoms with Gasteiger partial charge in [0.25, 0.3) is 0 Å². The second-order valence-corrected chi connectivity index (χ2v) is 4.45. The van der Waals surface area contributed by atoms with Gasteiger partial charge in [-0.3, -0.25) is 9.78 Å². The molecule has 6 heteroatoms. The maximum absolute atomic E-state index is 11.9. The molecule has 1 aromatic heterocycles. The first kappa shape index (κ1) is 12.8. The third kappa shape index (κ3) is 2.43. The summed E-state index contributed by atoms with van der Waals surface area (Å²) >= 11 is 0. The van der Waals surface area contributed by atoms with Crippen molar-refractivity contribution in [2.45, 2.75) is 19.9 Å². The normalized spacial score (nSPS) is 19.7. The Labute approximate surface area is 107 Å². The second-order valence-electron chi connectivity index (χ2n) is 4.45. The lowest BCUT2D eigenvalue weighted by Gasteiger charge is -2.36. The predicted molar refractivity (Wildman–Crippen MR) is 69.6 cm³/mol. The van der Waals surface area contributed by atoms with E-state index in [9.17, 15) is 4.79 Å². The molecule has 0 aromatic carbocycles. The van der Waals surface area contributed by atoms with Crippen LogP contribution in [0.3, 0.4) is 0 Å². The van der Waals surface area contributed by atoms with Crippen LogP contribution in [0.1, 0.15) is 11.4 Å². The number of anilines is 1. The number of aromatic nitrogens is 2. The van der Waals surface area contributed by atoms with E-state index >= 15 is 0 Å². The number of hydrogen-bond donors (Lipinski definition) is 2. The molecule has 2 heterocycles. The van der Waals surface area contributed by atoms with Crippen LogP contribution in [0.25, 0.3) is 0 Å². The zero-order valence-electron chi connectivity index (χ0n) is 11.0. The SMILES string of the molecule is CNC(=O)C1CNCCN1c1nc(C)cnc1C. The van der Waals surface area contributed by atoms with Crippen molar-refractivity contribution in [3.05, 3.63) is 17.6 Å². The van der Waals surface area contributed by atoms with Crippen molar-refractivity contribution < 1.29 is 4.79 Å². The molecule has 1 unspecified atom stereocenters. The molecule has 1 aromatic rings. The molecule has 18 heavy (non-hydrogen) atoms. The van der Waals surface area contributed by atoms with Crippen molar-refractivity contribution in [1.82, 2.24) is 20.6 Å². The fraction of sp³-hybridized carbons (Fsp3) is 0.583. The van der Waals surface area contributed by atoms with E-state index in [4.69, 9.17) is 0 Å². The quantitative estimate of drug-likeness (QED) is 0.747. The van der Waals surface area contributed by atoms with E-state index < -0.39 is 0 Å². The molecular formula is C12H19N5O. The van der Waals surface area contributed by atoms with E-state index in [0.29, 0.717) is 6.54 Å². The van der Waals surface area contributed by atoms with Gasteiger partial charge in [-0.1, -0.05) is 0 Å². The molecule has 0 spiro atoms. The standard InChI is InChI=1S/C12H19N5O/c1-8-6-15-9(2)11(16-8)17-5-4-14-7-10(17)12(18)13-3/h6,10,14H,4-5,7H2,1-3H3,(H,13,18). The van der Waals surface area contributed by atoms with Gasteiger partial charge in [-0.25, -0.2) is 4.98 Å². The van der Waals surface area contributed by atoms with Gasteiger partial charge < -0.3 is 15.5 Å². The summed E-state index contributed by atoms with van der Waals surface area (Å²) in [5, 5.41) is 5.93. The van der Waals surface area contributed by atoms with Crippen molar-refractivity contribution in [3.63, 3.8) is 0 Å². The van der Waals surface area contributed by atoms with E-state index in [1.54, 1.807) is 13.2 Å². The van der Waals surface area contributed by atoms with Crippen LogP contribution in [0.5, 0.6) is 0 Å². The molecule has 98 valence electrons. The molecule has 2 N–H and O–H groups in total. The Bertz CT molecular complexity index is 448. The number of carbonyl (C=O) groups is 1. The van der Waals surface area contributed by atoms with Gasteiger partial charge >= 0.3 is 0 Å². The molecule has 1 atom stereocenters. The lowest BCUT2D eigenvalue weighted by molar-refractivity contribution is -0.122. The minimum atomic E-state index is -0.224. The highest BCUT2D eigenvalue weighted by Gasteiger charge is 2.30. The molecule has 2 rings (SSSR count). The summed E-state index contributed by atoms with van der Waals surface area (Å²) in [6, 6.07) is -0.224. The summed E-state index contributed by atoms with van der Waals surface area (Å²) in [6.07, 6.45) is 1.75. The second kappa shape index (κ2) is 5.30. The lowest BCUT2D eigenvalue weighted by Crippen LogP contribution is -2.58. The van der Waals surface area contributed by atoms with Gasteiger partial charge in [-0.15, -0.1) is 0 Å². The van der Waals surface area contributed by atoms with Crippen LogP contribution < -0.4 is 15.5 Å². The van der Waals surface area contributed by atoms with E-state index in [2.05, 4.69) is 20.6 Å². The molecule has 1 saturated heterocycles. The third-order valence-corrected chi connectivity index (χ3v) is 3.12. The van der Waals surface area contributed by atoms with Crippen LogP contribution in [-0.2, 0) is 4.79 Å². The third-order valence-electron chi connectivity index (χ3n) is 3.12. The number of amides is 1. The highest BCUT2D eigenvalue weighted by Crippen LogP contribution is 2.19. The van der Waals surface area contributed by atoms with Gasteiger partial charge in [0.1, 0.15) is 6.04 Å². The topological polar surface area (TPSA) is 70.2 Å². The number of nitrogens with one attached hydrogen (secondary N) is 2. The van der Waals surface area contributed by atoms with Crippen molar-refractivity contribution in [2.75, 3.05) is 31.6 Å². The average Bonchev–Trinajstić information content (AvgIpc) is 2.40. The van der Waals surface area contributed by atoms with Gasteiger partial charge in [-0.05, 0) is 13.8 Å². The van der Waals surface area contributed by atoms with Gasteiger partial charge in [0.2, 0.25) is 5.91 Å². The highest BCUT2D eigenvalue weighted by molar-refractivity contribution is 5.85. The summed E-state index contributed by atoms with van der Waals surface area (Å²) in [5.74, 6) is 0.815. The largest absolute Gasteiger partial charge is 0.357 e. The fourth-order valence-electron chi connectivity index (χ4n) is 2.16. The molecule has 0 saturated carbocycles. The Balaban J connectivity index is 2.33. The molecule has 0 aliphatic carbocycles. The fourth-order valence-corrected chi connectivity index (χ4v) is 2.16. The Hall–Kier alpha value is -1.69. The van der Waals surface area contributed by atoms with Crippen molar-refractivity contribution in [1.29, 1.82) is 0 Å². The number of aryl methyl sites for hydroxylation is 2. The van der Waals surface area contributed by atoms with E-state index in [-0.39, 0.29) is 11.9 Å². The predicted octanol–water partition coefficient (Wildman–Crippen LogP) is -0.382. The number of likely N-dealkylation sites (N-methyl/N-ethyl adjacent to an activating group) is 1. The van der Waals surface area contributed by atoms with Gasteiger partial charge in [0.15, 0.2) is 5.82 Å². The maximum atomic E-state index is 11.9. The number of carbonyl (C=O) groups excluding carboxylic acids is 1. The zero-order chi connectivity index (χ0) is 13.1. The highest BCUT2D eigenvalue weighted by atomic mass is 16.2. The van der Waals surface area contributed by atoms with Crippen LogP contribution in [-0.4, -0.2) is 48.6 Å². The first-order valence-electron chi connectivity index (χ1n) is 6.12. The molecule has 1 aliphatic rings. The Morgan fingerprint density at radius 1 is 1.56 bits per heavy atom. The van der Waals surface area contributed by atoms with Crippen molar-refractivity contribution >= 4 is 11.7 Å². The maximum Gasteiger partial charge on any atom is 0.243 e. The summed E-state index contributed by atoms with van der Waals surface area (Å²) in [5.41, 5.74) is 1.72. The summed E-state index contributed by atoms with van der Waals surface area (Å²) in [7, 11) is 1.66. The Morgan fingerprint density at radius 3 is 3.06 bits per heavy atom. The monoisotopic (exact) mass is 249 g/mol. The van der Waals surface area contributed by atoms with Gasteiger partial charge in [0, 0.05) is 32.9 Å². The zero-order valence-corrected chi connectivity index (χ0v) is 11.0. The molecular weight excluding hydrogens is 230 g/mol. The molecule has 1 amide bonds. The number of piperazine rings is 1. The first-order chi connectivity index (χ1) is 8.63. The smallest absolute Gasteiger partial charge is 0.243 e. The molecule has 0 radical (unpaired) electrons. The number of hydrogen-bond acceptors (Lipinski definition) is 5. The number of nitrogens with zero attached hydrogens (tertiary/aromatic N) is 3. The van der Waals surface area contributed by atoms with E-state index in [0.717, 1.165) is 30.3 Å². The summed E-state index contributed by atoms with van der Waals surface area (Å²) < 4.78 is 0. The summed E-state index contributed by atoms with van der Waals surface area (Å²) in [6.45, 7) is 6.08. The van der Waals surface area contributed by atoms with Crippen molar-refractivity contribution in [3.8, 4) is 0 Å². The van der Waals surface area contributed by atoms with Crippen molar-refractivity contribution in [2.24, 2.45) is 0 Å². The van der Waals surface area contributed by atoms with Crippen LogP contribution in [0, 0.1) is 13.8 Å².